The van der Waals surface area contributed by atoms with Crippen molar-refractivity contribution in [2.45, 2.75) is 6.92 Å². The van der Waals surface area contributed by atoms with Crippen molar-refractivity contribution in [1.29, 1.82) is 0 Å². The number of hydrogen-bond acceptors (Lipinski definition) is 6. The number of Topliss-reactive ketones (excluding diaryl/α,β-unsaturated/α-hetero) is 1. The van der Waals surface area contributed by atoms with Crippen molar-refractivity contribution in [3.05, 3.63) is 11.8 Å². The van der Waals surface area contributed by atoms with Crippen LogP contribution in [0.1, 0.15) is 17.3 Å². The third-order valence-electron chi connectivity index (χ3n) is 1.83. The first-order valence-electron chi connectivity index (χ1n) is 4.68. The summed E-state index contributed by atoms with van der Waals surface area (Å²) in [6.45, 7) is 2.59. The van der Waals surface area contributed by atoms with Crippen LogP contribution in [0.4, 0.5) is 11.8 Å². The third kappa shape index (κ3) is 2.88. The molecule has 6 nitrogen and oxygen atoms in total. The summed E-state index contributed by atoms with van der Waals surface area (Å²) in [5, 5.41) is 5.79. The average molecular weight is 209 g/mol. The van der Waals surface area contributed by atoms with E-state index in [1.165, 1.54) is 13.1 Å². The molecule has 1 aromatic heterocycles. The van der Waals surface area contributed by atoms with Crippen LogP contribution in [0.3, 0.4) is 0 Å². The van der Waals surface area contributed by atoms with Crippen molar-refractivity contribution in [1.82, 2.24) is 9.97 Å². The lowest BCUT2D eigenvalue weighted by Gasteiger charge is -2.07. The predicted molar refractivity (Wildman–Crippen MR) is 59.1 cm³/mol. The van der Waals surface area contributed by atoms with Gasteiger partial charge < -0.3 is 16.4 Å². The van der Waals surface area contributed by atoms with Gasteiger partial charge in [-0.1, -0.05) is 0 Å². The Hall–Kier alpha value is -1.69. The molecule has 0 aromatic carbocycles. The summed E-state index contributed by atoms with van der Waals surface area (Å²) in [5.74, 6) is 0.927. The summed E-state index contributed by atoms with van der Waals surface area (Å²) < 4.78 is 0. The van der Waals surface area contributed by atoms with Crippen LogP contribution in [0.5, 0.6) is 0 Å². The Balaban J connectivity index is 2.92. The van der Waals surface area contributed by atoms with Gasteiger partial charge in [0, 0.05) is 26.3 Å². The second kappa shape index (κ2) is 5.26. The van der Waals surface area contributed by atoms with Gasteiger partial charge in [-0.3, -0.25) is 4.79 Å². The Morgan fingerprint density at radius 2 is 2.33 bits per heavy atom. The van der Waals surface area contributed by atoms with E-state index < -0.39 is 0 Å². The Kier molecular flexibility index (Phi) is 3.99. The average Bonchev–Trinajstić information content (AvgIpc) is 2.25. The van der Waals surface area contributed by atoms with E-state index in [2.05, 4.69) is 20.6 Å². The van der Waals surface area contributed by atoms with Crippen LogP contribution in [0.25, 0.3) is 0 Å². The van der Waals surface area contributed by atoms with Crippen LogP contribution in [0.2, 0.25) is 0 Å². The van der Waals surface area contributed by atoms with E-state index in [4.69, 9.17) is 5.73 Å². The third-order valence-corrected chi connectivity index (χ3v) is 1.83. The van der Waals surface area contributed by atoms with E-state index in [1.54, 1.807) is 7.05 Å². The van der Waals surface area contributed by atoms with Crippen molar-refractivity contribution in [2.75, 3.05) is 30.8 Å². The van der Waals surface area contributed by atoms with Gasteiger partial charge in [-0.15, -0.1) is 0 Å². The molecule has 0 atom stereocenters. The fourth-order valence-electron chi connectivity index (χ4n) is 1.10. The standard InChI is InChI=1S/C9H15N5O/c1-6(15)7-5-13-9(12-4-3-10)14-8(7)11-2/h5H,3-4,10H2,1-2H3,(H2,11,12,13,14). The Bertz CT molecular complexity index is 352. The summed E-state index contributed by atoms with van der Waals surface area (Å²) in [5.41, 5.74) is 5.82. The van der Waals surface area contributed by atoms with Crippen LogP contribution in [-0.2, 0) is 0 Å². The van der Waals surface area contributed by atoms with Gasteiger partial charge in [-0.25, -0.2) is 4.98 Å². The van der Waals surface area contributed by atoms with E-state index in [1.807, 2.05) is 0 Å². The topological polar surface area (TPSA) is 92.9 Å². The molecular weight excluding hydrogens is 194 g/mol. The maximum atomic E-state index is 11.2. The highest BCUT2D eigenvalue weighted by Crippen LogP contribution is 2.13. The second-order valence-corrected chi connectivity index (χ2v) is 2.98. The molecule has 0 spiro atoms. The maximum absolute atomic E-state index is 11.2. The van der Waals surface area contributed by atoms with E-state index in [-0.39, 0.29) is 5.78 Å². The summed E-state index contributed by atoms with van der Waals surface area (Å²) in [6, 6.07) is 0. The first-order valence-corrected chi connectivity index (χ1v) is 4.68. The van der Waals surface area contributed by atoms with Gasteiger partial charge in [0.15, 0.2) is 5.78 Å². The molecule has 4 N–H and O–H groups in total. The molecule has 1 rings (SSSR count). The number of nitrogens with zero attached hydrogens (tertiary/aromatic N) is 2. The number of rotatable bonds is 5. The fourth-order valence-corrected chi connectivity index (χ4v) is 1.10. The second-order valence-electron chi connectivity index (χ2n) is 2.98. The Morgan fingerprint density at radius 1 is 1.60 bits per heavy atom. The molecule has 0 aliphatic rings. The molecule has 82 valence electrons. The van der Waals surface area contributed by atoms with Gasteiger partial charge >= 0.3 is 0 Å². The summed E-state index contributed by atoms with van der Waals surface area (Å²) in [6.07, 6.45) is 1.50. The predicted octanol–water partition coefficient (Wildman–Crippen LogP) is 0.0915. The Labute approximate surface area is 88.3 Å². The number of anilines is 2. The molecule has 1 aromatic rings. The minimum absolute atomic E-state index is 0.0651. The Morgan fingerprint density at radius 3 is 2.87 bits per heavy atom. The van der Waals surface area contributed by atoms with Gasteiger partial charge in [0.05, 0.1) is 5.56 Å². The SMILES string of the molecule is CNc1nc(NCCN)ncc1C(C)=O. The van der Waals surface area contributed by atoms with E-state index >= 15 is 0 Å². The lowest BCUT2D eigenvalue weighted by atomic mass is 10.2. The molecule has 0 radical (unpaired) electrons. The van der Waals surface area contributed by atoms with Crippen molar-refractivity contribution in [3.63, 3.8) is 0 Å². The van der Waals surface area contributed by atoms with E-state index in [0.29, 0.717) is 30.4 Å². The van der Waals surface area contributed by atoms with E-state index in [0.717, 1.165) is 0 Å². The fraction of sp³-hybridized carbons (Fsp3) is 0.444. The quantitative estimate of drug-likeness (QED) is 0.595. The van der Waals surface area contributed by atoms with Crippen molar-refractivity contribution >= 4 is 17.5 Å². The molecule has 0 aliphatic heterocycles. The number of hydrogen-bond donors (Lipinski definition) is 3. The molecule has 0 aliphatic carbocycles. The van der Waals surface area contributed by atoms with Crippen molar-refractivity contribution < 1.29 is 4.79 Å². The highest BCUT2D eigenvalue weighted by atomic mass is 16.1. The molecule has 0 amide bonds. The monoisotopic (exact) mass is 209 g/mol. The molecule has 0 saturated carbocycles. The number of aromatic nitrogens is 2. The number of carbonyl (C=O) groups is 1. The molecular formula is C9H15N5O. The van der Waals surface area contributed by atoms with Gasteiger partial charge in [0.2, 0.25) is 5.95 Å². The van der Waals surface area contributed by atoms with Gasteiger partial charge in [-0.05, 0) is 6.92 Å². The zero-order chi connectivity index (χ0) is 11.3. The number of nitrogens with two attached hydrogens (primary N) is 1. The zero-order valence-corrected chi connectivity index (χ0v) is 8.87. The van der Waals surface area contributed by atoms with Crippen LogP contribution in [-0.4, -0.2) is 35.9 Å². The highest BCUT2D eigenvalue weighted by molar-refractivity contribution is 5.98. The molecule has 0 saturated heterocycles. The minimum Gasteiger partial charge on any atom is -0.372 e. The minimum atomic E-state index is -0.0651. The lowest BCUT2D eigenvalue weighted by Crippen LogP contribution is -2.16. The van der Waals surface area contributed by atoms with Crippen LogP contribution >= 0.6 is 0 Å². The van der Waals surface area contributed by atoms with Gasteiger partial charge in [0.25, 0.3) is 0 Å². The zero-order valence-electron chi connectivity index (χ0n) is 8.87. The highest BCUT2D eigenvalue weighted by Gasteiger charge is 2.09. The molecule has 0 bridgehead atoms. The molecule has 0 unspecified atom stereocenters. The van der Waals surface area contributed by atoms with Gasteiger partial charge in [0.1, 0.15) is 5.82 Å². The molecule has 0 fully saturated rings. The smallest absolute Gasteiger partial charge is 0.224 e. The molecule has 6 heteroatoms. The number of nitrogens with one attached hydrogen (secondary N) is 2. The van der Waals surface area contributed by atoms with E-state index in [9.17, 15) is 4.79 Å². The largest absolute Gasteiger partial charge is 0.372 e. The first-order chi connectivity index (χ1) is 7.19. The van der Waals surface area contributed by atoms with Crippen LogP contribution in [0, 0.1) is 0 Å². The maximum Gasteiger partial charge on any atom is 0.224 e. The molecule has 1 heterocycles. The van der Waals surface area contributed by atoms with Crippen molar-refractivity contribution in [2.24, 2.45) is 5.73 Å². The molecule has 15 heavy (non-hydrogen) atoms. The number of ketones is 1. The summed E-state index contributed by atoms with van der Waals surface area (Å²) in [7, 11) is 1.71. The first kappa shape index (κ1) is 11.4. The van der Waals surface area contributed by atoms with Crippen LogP contribution in [0.15, 0.2) is 6.20 Å². The van der Waals surface area contributed by atoms with Gasteiger partial charge in [-0.2, -0.15) is 4.98 Å². The number of carbonyl (C=O) groups excluding carboxylic acids is 1. The lowest BCUT2D eigenvalue weighted by molar-refractivity contribution is 0.101. The summed E-state index contributed by atoms with van der Waals surface area (Å²) in [4.78, 5) is 19.3. The van der Waals surface area contributed by atoms with Crippen LogP contribution < -0.4 is 16.4 Å². The normalized spacial score (nSPS) is 9.80. The van der Waals surface area contributed by atoms with Crippen molar-refractivity contribution in [3.8, 4) is 0 Å². The summed E-state index contributed by atoms with van der Waals surface area (Å²) >= 11 is 0.